The van der Waals surface area contributed by atoms with Crippen LogP contribution < -0.4 is 0 Å². The van der Waals surface area contributed by atoms with E-state index in [4.69, 9.17) is 9.97 Å². The van der Waals surface area contributed by atoms with Crippen LogP contribution in [0.2, 0.25) is 0 Å². The average Bonchev–Trinajstić information content (AvgIpc) is 3.87. The summed E-state index contributed by atoms with van der Waals surface area (Å²) in [5, 5.41) is 9.78. The molecule has 3 aromatic heterocycles. The predicted octanol–water partition coefficient (Wildman–Crippen LogP) is 14.1. The maximum atomic E-state index is 5.62. The number of fused-ring (bicyclic) bond motifs is 13. The number of hydrogen-bond acceptors (Lipinski definition) is 2. The van der Waals surface area contributed by atoms with Gasteiger partial charge in [-0.1, -0.05) is 147 Å². The van der Waals surface area contributed by atoms with Crippen molar-refractivity contribution >= 4 is 76.2 Å². The second kappa shape index (κ2) is 11.7. The normalized spacial score (nSPS) is 13.4. The van der Waals surface area contributed by atoms with E-state index in [9.17, 15) is 0 Å². The first-order valence-corrected chi connectivity index (χ1v) is 20.4. The van der Waals surface area contributed by atoms with Crippen molar-refractivity contribution in [2.24, 2.45) is 0 Å². The van der Waals surface area contributed by atoms with Gasteiger partial charge in [0.25, 0.3) is 0 Å². The molecule has 0 spiro atoms. The molecule has 4 heteroatoms. The molecular weight excluding hydrogens is 717 g/mol. The SMILES string of the molecule is CC1(C)c2ccccc2-c2cccc(-c3nc4ccccc4nc3-n3c4cc(-n5c6ccccc6c6c7ccccc7ccc65)ccc4c4cc5ccccc5cc43)c21. The number of hydrogen-bond donors (Lipinski definition) is 0. The summed E-state index contributed by atoms with van der Waals surface area (Å²) in [5.41, 5.74) is 14.3. The summed E-state index contributed by atoms with van der Waals surface area (Å²) < 4.78 is 4.83. The van der Waals surface area contributed by atoms with Crippen LogP contribution in [0.4, 0.5) is 0 Å². The Balaban J connectivity index is 1.17. The molecule has 1 aliphatic carbocycles. The van der Waals surface area contributed by atoms with Crippen molar-refractivity contribution in [3.8, 4) is 33.9 Å². The fourth-order valence-corrected chi connectivity index (χ4v) is 10.4. The maximum absolute atomic E-state index is 5.62. The summed E-state index contributed by atoms with van der Waals surface area (Å²) in [6.45, 7) is 4.70. The van der Waals surface area contributed by atoms with Gasteiger partial charge in [-0.05, 0) is 92.3 Å². The van der Waals surface area contributed by atoms with Crippen LogP contribution in [0.25, 0.3) is 110 Å². The molecular formula is C55H36N4. The van der Waals surface area contributed by atoms with Crippen LogP contribution in [-0.4, -0.2) is 19.1 Å². The van der Waals surface area contributed by atoms with E-state index >= 15 is 0 Å². The van der Waals surface area contributed by atoms with Gasteiger partial charge in [0.1, 0.15) is 5.69 Å². The molecule has 1 aliphatic rings. The quantitative estimate of drug-likeness (QED) is 0.180. The summed E-state index contributed by atoms with van der Waals surface area (Å²) >= 11 is 0. The first kappa shape index (κ1) is 32.5. The van der Waals surface area contributed by atoms with E-state index < -0.39 is 0 Å². The number of benzene rings is 9. The van der Waals surface area contributed by atoms with Crippen molar-refractivity contribution < 1.29 is 0 Å². The van der Waals surface area contributed by atoms with Crippen LogP contribution in [0.5, 0.6) is 0 Å². The van der Waals surface area contributed by atoms with Crippen molar-refractivity contribution in [2.75, 3.05) is 0 Å². The van der Waals surface area contributed by atoms with Gasteiger partial charge >= 0.3 is 0 Å². The minimum atomic E-state index is -0.238. The van der Waals surface area contributed by atoms with Gasteiger partial charge < -0.3 is 4.57 Å². The number of nitrogens with zero attached hydrogens (tertiary/aromatic N) is 4. The van der Waals surface area contributed by atoms with Crippen molar-refractivity contribution in [2.45, 2.75) is 19.3 Å². The number of rotatable bonds is 3. The Labute approximate surface area is 340 Å². The third-order valence-corrected chi connectivity index (χ3v) is 13.0. The predicted molar refractivity (Wildman–Crippen MR) is 246 cm³/mol. The van der Waals surface area contributed by atoms with Gasteiger partial charge in [-0.25, -0.2) is 9.97 Å². The van der Waals surface area contributed by atoms with E-state index in [1.165, 1.54) is 76.4 Å². The zero-order valence-electron chi connectivity index (χ0n) is 32.6. The maximum Gasteiger partial charge on any atom is 0.165 e. The summed E-state index contributed by atoms with van der Waals surface area (Å²) in [4.78, 5) is 11.2. The standard InChI is InChI=1S/C55H36N4/c1-55(2)44-22-9-7-18-38(44)40-20-13-21-42(52(40)55)53-54(57-46-24-11-10-23-45(46)56-53)59-49-31-35-16-4-3-15-34(35)30-43(49)39-28-27-36(32-50(39)59)58-47-25-12-8-19-41(47)51-37-17-6-5-14-33(37)26-29-48(51)58/h3-32H,1-2H3. The second-order valence-corrected chi connectivity index (χ2v) is 16.6. The molecule has 276 valence electrons. The smallest absolute Gasteiger partial charge is 0.165 e. The van der Waals surface area contributed by atoms with E-state index in [0.717, 1.165) is 44.8 Å². The van der Waals surface area contributed by atoms with Crippen LogP contribution in [0.15, 0.2) is 182 Å². The highest BCUT2D eigenvalue weighted by atomic mass is 15.1. The Kier molecular flexibility index (Phi) is 6.48. The molecule has 4 nitrogen and oxygen atoms in total. The average molecular weight is 753 g/mol. The molecule has 12 aromatic rings. The second-order valence-electron chi connectivity index (χ2n) is 16.6. The minimum Gasteiger partial charge on any atom is -0.309 e. The Hall–Kier alpha value is -7.56. The lowest BCUT2D eigenvalue weighted by Crippen LogP contribution is -2.17. The highest BCUT2D eigenvalue weighted by molar-refractivity contribution is 6.21. The molecule has 9 aromatic carbocycles. The third kappa shape index (κ3) is 4.43. The third-order valence-electron chi connectivity index (χ3n) is 13.0. The van der Waals surface area contributed by atoms with E-state index in [1.54, 1.807) is 0 Å². The lowest BCUT2D eigenvalue weighted by molar-refractivity contribution is 0.661. The molecule has 0 radical (unpaired) electrons. The molecule has 0 amide bonds. The lowest BCUT2D eigenvalue weighted by Gasteiger charge is -2.25. The van der Waals surface area contributed by atoms with Crippen LogP contribution in [0, 0.1) is 0 Å². The Morgan fingerprint density at radius 3 is 1.93 bits per heavy atom. The van der Waals surface area contributed by atoms with Crippen molar-refractivity contribution in [3.05, 3.63) is 193 Å². The molecule has 0 unspecified atom stereocenters. The molecule has 59 heavy (non-hydrogen) atoms. The fourth-order valence-electron chi connectivity index (χ4n) is 10.4. The van der Waals surface area contributed by atoms with Crippen molar-refractivity contribution in [1.82, 2.24) is 19.1 Å². The zero-order valence-corrected chi connectivity index (χ0v) is 32.6. The van der Waals surface area contributed by atoms with Gasteiger partial charge in [0.2, 0.25) is 0 Å². The summed E-state index contributed by atoms with van der Waals surface area (Å²) in [6.07, 6.45) is 0. The van der Waals surface area contributed by atoms with Gasteiger partial charge in [-0.15, -0.1) is 0 Å². The van der Waals surface area contributed by atoms with Gasteiger partial charge in [-0.2, -0.15) is 0 Å². The van der Waals surface area contributed by atoms with Gasteiger partial charge in [0.15, 0.2) is 5.82 Å². The Morgan fingerprint density at radius 1 is 0.407 bits per heavy atom. The van der Waals surface area contributed by atoms with Crippen LogP contribution >= 0.6 is 0 Å². The first-order chi connectivity index (χ1) is 29.0. The minimum absolute atomic E-state index is 0.238. The first-order valence-electron chi connectivity index (χ1n) is 20.4. The van der Waals surface area contributed by atoms with Gasteiger partial charge in [0.05, 0.1) is 33.1 Å². The monoisotopic (exact) mass is 752 g/mol. The van der Waals surface area contributed by atoms with Crippen LogP contribution in [0.3, 0.4) is 0 Å². The zero-order chi connectivity index (χ0) is 39.0. The summed E-state index contributed by atoms with van der Waals surface area (Å²) in [7, 11) is 0. The molecule has 0 aliphatic heterocycles. The van der Waals surface area contributed by atoms with Gasteiger partial charge in [0, 0.05) is 38.2 Å². The lowest BCUT2D eigenvalue weighted by atomic mass is 9.79. The van der Waals surface area contributed by atoms with Crippen LogP contribution in [0.1, 0.15) is 25.0 Å². The van der Waals surface area contributed by atoms with E-state index in [-0.39, 0.29) is 5.41 Å². The van der Waals surface area contributed by atoms with Crippen LogP contribution in [-0.2, 0) is 5.41 Å². The molecule has 0 fully saturated rings. The molecule has 0 bridgehead atoms. The highest BCUT2D eigenvalue weighted by Crippen LogP contribution is 2.53. The van der Waals surface area contributed by atoms with E-state index in [1.807, 2.05) is 0 Å². The summed E-state index contributed by atoms with van der Waals surface area (Å²) in [5.74, 6) is 0.824. The molecule has 0 saturated heterocycles. The molecule has 13 rings (SSSR count). The van der Waals surface area contributed by atoms with E-state index in [0.29, 0.717) is 0 Å². The highest BCUT2D eigenvalue weighted by Gasteiger charge is 2.38. The largest absolute Gasteiger partial charge is 0.309 e. The molecule has 0 N–H and O–H groups in total. The van der Waals surface area contributed by atoms with Crippen molar-refractivity contribution in [3.63, 3.8) is 0 Å². The topological polar surface area (TPSA) is 35.6 Å². The van der Waals surface area contributed by atoms with E-state index in [2.05, 4.69) is 205 Å². The number of aromatic nitrogens is 4. The fraction of sp³-hybridized carbons (Fsp3) is 0.0545. The summed E-state index contributed by atoms with van der Waals surface area (Å²) in [6, 6.07) is 66.3. The Morgan fingerprint density at radius 2 is 1.07 bits per heavy atom. The Bertz CT molecular complexity index is 3770. The number of para-hydroxylation sites is 3. The molecule has 0 atom stereocenters. The van der Waals surface area contributed by atoms with Gasteiger partial charge in [-0.3, -0.25) is 4.57 Å². The molecule has 0 saturated carbocycles. The van der Waals surface area contributed by atoms with Crippen molar-refractivity contribution in [1.29, 1.82) is 0 Å². The molecule has 3 heterocycles.